The Labute approximate surface area is 111 Å². The first-order valence-corrected chi connectivity index (χ1v) is 7.29. The zero-order chi connectivity index (χ0) is 13.6. The number of hydrogen-bond acceptors (Lipinski definition) is 3. The largest absolute Gasteiger partial charge is 0.368 e. The van der Waals surface area contributed by atoms with Gasteiger partial charge in [-0.05, 0) is 45.2 Å². The third kappa shape index (κ3) is 4.25. The quantitative estimate of drug-likeness (QED) is 0.688. The summed E-state index contributed by atoms with van der Waals surface area (Å²) in [5.41, 5.74) is 4.97. The lowest BCUT2D eigenvalue weighted by Crippen LogP contribution is -2.59. The topological polar surface area (TPSA) is 58.4 Å². The van der Waals surface area contributed by atoms with Crippen molar-refractivity contribution in [2.45, 2.75) is 52.0 Å². The van der Waals surface area contributed by atoms with Gasteiger partial charge in [0.1, 0.15) is 5.54 Å². The molecule has 3 N–H and O–H groups in total. The molecule has 0 radical (unpaired) electrons. The van der Waals surface area contributed by atoms with Gasteiger partial charge in [0.15, 0.2) is 0 Å². The van der Waals surface area contributed by atoms with E-state index < -0.39 is 5.54 Å². The number of carbonyl (C=O) groups excluding carboxylic acids is 1. The van der Waals surface area contributed by atoms with Gasteiger partial charge in [0.2, 0.25) is 5.91 Å². The molecule has 0 aliphatic carbocycles. The molecule has 0 saturated carbocycles. The van der Waals surface area contributed by atoms with Crippen molar-refractivity contribution < 1.29 is 4.79 Å². The fourth-order valence-corrected chi connectivity index (χ4v) is 2.77. The van der Waals surface area contributed by atoms with Crippen molar-refractivity contribution in [1.82, 2.24) is 10.2 Å². The van der Waals surface area contributed by atoms with E-state index in [1.54, 1.807) is 0 Å². The lowest BCUT2D eigenvalue weighted by Gasteiger charge is -2.32. The van der Waals surface area contributed by atoms with Crippen molar-refractivity contribution in [1.29, 1.82) is 0 Å². The summed E-state index contributed by atoms with van der Waals surface area (Å²) in [6.45, 7) is 10.1. The number of hydrogen-bond donors (Lipinski definition) is 2. The van der Waals surface area contributed by atoms with E-state index in [-0.39, 0.29) is 5.91 Å². The highest BCUT2D eigenvalue weighted by Gasteiger charge is 2.34. The second kappa shape index (κ2) is 7.10. The van der Waals surface area contributed by atoms with E-state index in [0.717, 1.165) is 38.5 Å². The molecular formula is C14H29N3O. The normalized spacial score (nSPS) is 24.1. The van der Waals surface area contributed by atoms with Gasteiger partial charge in [0.05, 0.1) is 0 Å². The molecular weight excluding hydrogens is 226 g/mol. The van der Waals surface area contributed by atoms with Gasteiger partial charge < -0.3 is 16.0 Å². The fourth-order valence-electron chi connectivity index (χ4n) is 2.77. The average Bonchev–Trinajstić information content (AvgIpc) is 2.74. The molecule has 0 bridgehead atoms. The van der Waals surface area contributed by atoms with Crippen LogP contribution in [-0.2, 0) is 4.79 Å². The third-order valence-corrected chi connectivity index (χ3v) is 3.92. The lowest BCUT2D eigenvalue weighted by atomic mass is 10.0. The van der Waals surface area contributed by atoms with E-state index in [0.29, 0.717) is 0 Å². The molecule has 1 fully saturated rings. The average molecular weight is 255 g/mol. The molecule has 1 heterocycles. The Balaban J connectivity index is 2.49. The molecule has 1 aliphatic heterocycles. The maximum Gasteiger partial charge on any atom is 0.238 e. The maximum atomic E-state index is 11.7. The molecule has 0 aromatic heterocycles. The van der Waals surface area contributed by atoms with E-state index >= 15 is 0 Å². The zero-order valence-corrected chi connectivity index (χ0v) is 12.2. The number of nitrogens with two attached hydrogens (primary N) is 1. The van der Waals surface area contributed by atoms with Crippen LogP contribution in [0.3, 0.4) is 0 Å². The fraction of sp³-hybridized carbons (Fsp3) is 0.929. The van der Waals surface area contributed by atoms with Gasteiger partial charge in [-0.1, -0.05) is 20.3 Å². The van der Waals surface area contributed by atoms with Gasteiger partial charge in [0, 0.05) is 13.1 Å². The standard InChI is InChI=1S/C14H29N3O/c1-4-6-12-7-9-17(10-12)11-14(3,13(15)18)16-8-5-2/h12,16H,4-11H2,1-3H3,(H2,15,18). The van der Waals surface area contributed by atoms with Crippen LogP contribution in [0.15, 0.2) is 0 Å². The Kier molecular flexibility index (Phi) is 6.09. The molecule has 1 amide bonds. The number of likely N-dealkylation sites (tertiary alicyclic amines) is 1. The second-order valence-corrected chi connectivity index (χ2v) is 5.80. The van der Waals surface area contributed by atoms with Crippen LogP contribution in [0, 0.1) is 5.92 Å². The summed E-state index contributed by atoms with van der Waals surface area (Å²) >= 11 is 0. The SMILES string of the molecule is CCCNC(C)(CN1CCC(CCC)C1)C(N)=O. The first-order valence-electron chi connectivity index (χ1n) is 7.29. The minimum Gasteiger partial charge on any atom is -0.368 e. The van der Waals surface area contributed by atoms with E-state index in [2.05, 4.69) is 24.1 Å². The minimum atomic E-state index is -0.586. The van der Waals surface area contributed by atoms with Crippen LogP contribution in [0.5, 0.6) is 0 Å². The summed E-state index contributed by atoms with van der Waals surface area (Å²) in [6.07, 6.45) is 4.82. The van der Waals surface area contributed by atoms with Gasteiger partial charge in [-0.25, -0.2) is 0 Å². The Bertz CT molecular complexity index is 270. The summed E-state index contributed by atoms with van der Waals surface area (Å²) in [6, 6.07) is 0. The van der Waals surface area contributed by atoms with Crippen molar-refractivity contribution in [3.8, 4) is 0 Å². The van der Waals surface area contributed by atoms with Crippen molar-refractivity contribution >= 4 is 5.91 Å². The molecule has 1 saturated heterocycles. The first kappa shape index (κ1) is 15.4. The van der Waals surface area contributed by atoms with Crippen LogP contribution < -0.4 is 11.1 Å². The first-order chi connectivity index (χ1) is 8.51. The van der Waals surface area contributed by atoms with Crippen LogP contribution in [0.4, 0.5) is 0 Å². The predicted molar refractivity (Wildman–Crippen MR) is 75.3 cm³/mol. The van der Waals surface area contributed by atoms with E-state index in [4.69, 9.17) is 5.73 Å². The molecule has 2 unspecified atom stereocenters. The number of primary amides is 1. The van der Waals surface area contributed by atoms with Crippen LogP contribution in [0.2, 0.25) is 0 Å². The zero-order valence-electron chi connectivity index (χ0n) is 12.2. The van der Waals surface area contributed by atoms with Crippen LogP contribution in [0.25, 0.3) is 0 Å². The summed E-state index contributed by atoms with van der Waals surface area (Å²) in [5, 5.41) is 3.30. The highest BCUT2D eigenvalue weighted by molar-refractivity contribution is 5.84. The monoisotopic (exact) mass is 255 g/mol. The molecule has 18 heavy (non-hydrogen) atoms. The summed E-state index contributed by atoms with van der Waals surface area (Å²) < 4.78 is 0. The predicted octanol–water partition coefficient (Wildman–Crippen LogP) is 1.35. The Hall–Kier alpha value is -0.610. The van der Waals surface area contributed by atoms with E-state index in [1.165, 1.54) is 19.3 Å². The van der Waals surface area contributed by atoms with Crippen molar-refractivity contribution in [2.75, 3.05) is 26.2 Å². The van der Waals surface area contributed by atoms with Gasteiger partial charge in [-0.15, -0.1) is 0 Å². The molecule has 106 valence electrons. The number of carbonyl (C=O) groups is 1. The van der Waals surface area contributed by atoms with Crippen molar-refractivity contribution in [3.05, 3.63) is 0 Å². The minimum absolute atomic E-state index is 0.241. The number of nitrogens with one attached hydrogen (secondary N) is 1. The smallest absolute Gasteiger partial charge is 0.238 e. The van der Waals surface area contributed by atoms with Gasteiger partial charge >= 0.3 is 0 Å². The summed E-state index contributed by atoms with van der Waals surface area (Å²) in [7, 11) is 0. The molecule has 4 nitrogen and oxygen atoms in total. The molecule has 4 heteroatoms. The van der Waals surface area contributed by atoms with Crippen LogP contribution >= 0.6 is 0 Å². The summed E-state index contributed by atoms with van der Waals surface area (Å²) in [5.74, 6) is 0.563. The summed E-state index contributed by atoms with van der Waals surface area (Å²) in [4.78, 5) is 14.0. The van der Waals surface area contributed by atoms with E-state index in [9.17, 15) is 4.79 Å². The molecule has 1 rings (SSSR count). The highest BCUT2D eigenvalue weighted by atomic mass is 16.1. The van der Waals surface area contributed by atoms with Gasteiger partial charge in [-0.2, -0.15) is 0 Å². The molecule has 0 spiro atoms. The molecule has 1 aliphatic rings. The van der Waals surface area contributed by atoms with Crippen molar-refractivity contribution in [3.63, 3.8) is 0 Å². The Morgan fingerprint density at radius 2 is 2.17 bits per heavy atom. The van der Waals surface area contributed by atoms with Gasteiger partial charge in [0.25, 0.3) is 0 Å². The van der Waals surface area contributed by atoms with E-state index in [1.807, 2.05) is 6.92 Å². The second-order valence-electron chi connectivity index (χ2n) is 5.80. The highest BCUT2D eigenvalue weighted by Crippen LogP contribution is 2.22. The molecule has 0 aromatic carbocycles. The number of rotatable bonds is 8. The number of nitrogens with zero attached hydrogens (tertiary/aromatic N) is 1. The molecule has 2 atom stereocenters. The van der Waals surface area contributed by atoms with Crippen molar-refractivity contribution in [2.24, 2.45) is 11.7 Å². The van der Waals surface area contributed by atoms with Gasteiger partial charge in [-0.3, -0.25) is 4.79 Å². The lowest BCUT2D eigenvalue weighted by molar-refractivity contribution is -0.124. The van der Waals surface area contributed by atoms with Crippen LogP contribution in [-0.4, -0.2) is 42.5 Å². The Morgan fingerprint density at radius 1 is 1.44 bits per heavy atom. The third-order valence-electron chi connectivity index (χ3n) is 3.92. The Morgan fingerprint density at radius 3 is 2.72 bits per heavy atom. The molecule has 0 aromatic rings. The maximum absolute atomic E-state index is 11.7. The number of amides is 1. The van der Waals surface area contributed by atoms with Crippen LogP contribution in [0.1, 0.15) is 46.5 Å².